The lowest BCUT2D eigenvalue weighted by Crippen LogP contribution is -2.04. The van der Waals surface area contributed by atoms with Gasteiger partial charge in [-0.25, -0.2) is 18.4 Å². The van der Waals surface area contributed by atoms with Crippen LogP contribution in [0.5, 0.6) is 0 Å². The summed E-state index contributed by atoms with van der Waals surface area (Å²) in [6, 6.07) is 8.35. The third-order valence-corrected chi connectivity index (χ3v) is 6.94. The smallest absolute Gasteiger partial charge is 0.224 e. The number of thiazole rings is 1. The Balaban J connectivity index is 1.45. The minimum atomic E-state index is -3.61. The number of hydrogen-bond donors (Lipinski definition) is 1. The van der Waals surface area contributed by atoms with Crippen LogP contribution in [-0.4, -0.2) is 34.4 Å². The Hall–Kier alpha value is -2.91. The Morgan fingerprint density at radius 1 is 1.18 bits per heavy atom. The molecule has 0 atom stereocenters. The molecule has 9 heteroatoms. The summed E-state index contributed by atoms with van der Waals surface area (Å²) < 4.78 is 25.1. The molecular formula is C19H16N4O3S2. The Bertz CT molecular complexity index is 1260. The summed E-state index contributed by atoms with van der Waals surface area (Å²) >= 11 is 1.30. The van der Waals surface area contributed by atoms with E-state index in [9.17, 15) is 13.2 Å². The molecule has 142 valence electrons. The summed E-state index contributed by atoms with van der Waals surface area (Å²) in [7, 11) is -3.61. The predicted molar refractivity (Wildman–Crippen MR) is 105 cm³/mol. The van der Waals surface area contributed by atoms with Crippen molar-refractivity contribution in [2.24, 2.45) is 0 Å². The van der Waals surface area contributed by atoms with E-state index in [0.717, 1.165) is 10.9 Å². The summed E-state index contributed by atoms with van der Waals surface area (Å²) in [5, 5.41) is 9.75. The SMILES string of the molecule is Cc1nc(S(=O)(=O)c2ccc(CCC(=O)c3cnc4[nH]ncc4c3)cc2)cs1. The number of ketones is 1. The van der Waals surface area contributed by atoms with Gasteiger partial charge in [-0.15, -0.1) is 11.3 Å². The second kappa shape index (κ2) is 7.25. The van der Waals surface area contributed by atoms with E-state index in [4.69, 9.17) is 0 Å². The van der Waals surface area contributed by atoms with Crippen LogP contribution in [0.15, 0.2) is 58.0 Å². The number of sulfone groups is 1. The minimum Gasteiger partial charge on any atom is -0.294 e. The molecule has 0 aliphatic rings. The van der Waals surface area contributed by atoms with Gasteiger partial charge in [-0.3, -0.25) is 9.89 Å². The van der Waals surface area contributed by atoms with E-state index in [1.807, 2.05) is 0 Å². The van der Waals surface area contributed by atoms with Gasteiger partial charge in [-0.05, 0) is 37.1 Å². The van der Waals surface area contributed by atoms with Gasteiger partial charge in [0.2, 0.25) is 9.84 Å². The lowest BCUT2D eigenvalue weighted by atomic mass is 10.0. The molecule has 0 unspecified atom stereocenters. The van der Waals surface area contributed by atoms with Crippen molar-refractivity contribution in [1.29, 1.82) is 0 Å². The first-order valence-electron chi connectivity index (χ1n) is 8.52. The molecule has 0 saturated heterocycles. The first kappa shape index (κ1) is 18.5. The number of aromatic nitrogens is 4. The molecule has 0 aliphatic carbocycles. The molecule has 3 heterocycles. The molecule has 0 spiro atoms. The third-order valence-electron chi connectivity index (χ3n) is 4.36. The number of aryl methyl sites for hydroxylation is 2. The van der Waals surface area contributed by atoms with Gasteiger partial charge in [0, 0.05) is 28.9 Å². The zero-order valence-corrected chi connectivity index (χ0v) is 16.5. The number of H-pyrrole nitrogens is 1. The van der Waals surface area contributed by atoms with Crippen LogP contribution in [0.1, 0.15) is 27.3 Å². The summed E-state index contributed by atoms with van der Waals surface area (Å²) in [5.74, 6) is -0.0229. The highest BCUT2D eigenvalue weighted by Gasteiger charge is 2.20. The van der Waals surface area contributed by atoms with Crippen LogP contribution in [-0.2, 0) is 16.3 Å². The Labute approximate surface area is 165 Å². The quantitative estimate of drug-likeness (QED) is 0.487. The fourth-order valence-corrected chi connectivity index (χ4v) is 4.99. The molecule has 4 rings (SSSR count). The van der Waals surface area contributed by atoms with Crippen molar-refractivity contribution < 1.29 is 13.2 Å². The van der Waals surface area contributed by atoms with Crippen molar-refractivity contribution in [1.82, 2.24) is 20.2 Å². The minimum absolute atomic E-state index is 0.0229. The van der Waals surface area contributed by atoms with Gasteiger partial charge in [0.15, 0.2) is 16.5 Å². The Morgan fingerprint density at radius 2 is 1.96 bits per heavy atom. The van der Waals surface area contributed by atoms with Crippen LogP contribution in [0, 0.1) is 6.92 Å². The fraction of sp³-hybridized carbons (Fsp3) is 0.158. The van der Waals surface area contributed by atoms with E-state index in [1.54, 1.807) is 48.8 Å². The molecule has 0 saturated carbocycles. The van der Waals surface area contributed by atoms with E-state index < -0.39 is 9.84 Å². The van der Waals surface area contributed by atoms with Crippen LogP contribution >= 0.6 is 11.3 Å². The van der Waals surface area contributed by atoms with E-state index >= 15 is 0 Å². The summed E-state index contributed by atoms with van der Waals surface area (Å²) in [6.45, 7) is 1.77. The largest absolute Gasteiger partial charge is 0.294 e. The predicted octanol–water partition coefficient (Wildman–Crippen LogP) is 3.37. The topological polar surface area (TPSA) is 106 Å². The van der Waals surface area contributed by atoms with Crippen LogP contribution in [0.3, 0.4) is 0 Å². The first-order chi connectivity index (χ1) is 13.4. The van der Waals surface area contributed by atoms with Crippen molar-refractivity contribution >= 4 is 38.0 Å². The van der Waals surface area contributed by atoms with Crippen LogP contribution < -0.4 is 0 Å². The average Bonchev–Trinajstić information content (AvgIpc) is 3.34. The van der Waals surface area contributed by atoms with Crippen molar-refractivity contribution in [3.8, 4) is 0 Å². The van der Waals surface area contributed by atoms with Gasteiger partial charge in [0.05, 0.1) is 16.1 Å². The second-order valence-electron chi connectivity index (χ2n) is 6.31. The molecule has 1 aromatic carbocycles. The Morgan fingerprint density at radius 3 is 2.68 bits per heavy atom. The average molecular weight is 412 g/mol. The van der Waals surface area contributed by atoms with Crippen molar-refractivity contribution in [2.45, 2.75) is 29.7 Å². The number of nitrogens with one attached hydrogen (secondary N) is 1. The van der Waals surface area contributed by atoms with Gasteiger partial charge < -0.3 is 0 Å². The zero-order chi connectivity index (χ0) is 19.7. The molecule has 0 amide bonds. The molecule has 0 bridgehead atoms. The van der Waals surface area contributed by atoms with Gasteiger partial charge in [0.1, 0.15) is 0 Å². The highest BCUT2D eigenvalue weighted by molar-refractivity contribution is 7.91. The number of benzene rings is 1. The van der Waals surface area contributed by atoms with Gasteiger partial charge >= 0.3 is 0 Å². The van der Waals surface area contributed by atoms with Crippen molar-refractivity contribution in [2.75, 3.05) is 0 Å². The van der Waals surface area contributed by atoms with Gasteiger partial charge in [0.25, 0.3) is 0 Å². The molecule has 7 nitrogen and oxygen atoms in total. The molecule has 0 fully saturated rings. The third kappa shape index (κ3) is 3.58. The first-order valence-corrected chi connectivity index (χ1v) is 10.9. The number of pyridine rings is 1. The number of rotatable bonds is 6. The molecule has 4 aromatic rings. The van der Waals surface area contributed by atoms with E-state index in [-0.39, 0.29) is 15.7 Å². The molecule has 28 heavy (non-hydrogen) atoms. The van der Waals surface area contributed by atoms with Crippen molar-refractivity contribution in [3.63, 3.8) is 0 Å². The van der Waals surface area contributed by atoms with E-state index in [0.29, 0.717) is 29.1 Å². The standard InChI is InChI=1S/C19H16N4O3S2/c1-12-22-18(11-27-12)28(25,26)16-5-2-13(3-6-16)4-7-17(24)14-8-15-10-21-23-19(15)20-9-14/h2-3,5-6,8-11H,4,7H2,1H3,(H,20,21,23). The number of Topliss-reactive ketones (excluding diaryl/α,β-unsaturated/α-hetero) is 1. The number of aromatic amines is 1. The number of fused-ring (bicyclic) bond motifs is 1. The number of carbonyl (C=O) groups is 1. The normalized spacial score (nSPS) is 11.8. The number of nitrogens with zero attached hydrogens (tertiary/aromatic N) is 3. The molecule has 0 radical (unpaired) electrons. The second-order valence-corrected chi connectivity index (χ2v) is 9.27. The summed E-state index contributed by atoms with van der Waals surface area (Å²) in [4.78, 5) is 20.9. The number of hydrogen-bond acceptors (Lipinski definition) is 7. The fourth-order valence-electron chi connectivity index (χ4n) is 2.81. The molecule has 3 aromatic heterocycles. The van der Waals surface area contributed by atoms with Crippen LogP contribution in [0.2, 0.25) is 0 Å². The maximum Gasteiger partial charge on any atom is 0.224 e. The lowest BCUT2D eigenvalue weighted by molar-refractivity contribution is 0.0982. The van der Waals surface area contributed by atoms with Gasteiger partial charge in [-0.2, -0.15) is 5.10 Å². The maximum absolute atomic E-state index is 12.6. The van der Waals surface area contributed by atoms with E-state index in [1.165, 1.54) is 17.5 Å². The molecular weight excluding hydrogens is 396 g/mol. The molecule has 0 aliphatic heterocycles. The molecule has 1 N–H and O–H groups in total. The highest BCUT2D eigenvalue weighted by atomic mass is 32.2. The highest BCUT2D eigenvalue weighted by Crippen LogP contribution is 2.23. The monoisotopic (exact) mass is 412 g/mol. The van der Waals surface area contributed by atoms with Crippen LogP contribution in [0.4, 0.5) is 0 Å². The van der Waals surface area contributed by atoms with Crippen LogP contribution in [0.25, 0.3) is 11.0 Å². The summed E-state index contributed by atoms with van der Waals surface area (Å²) in [5.41, 5.74) is 2.06. The lowest BCUT2D eigenvalue weighted by Gasteiger charge is -2.05. The Kier molecular flexibility index (Phi) is 4.78. The van der Waals surface area contributed by atoms with E-state index in [2.05, 4.69) is 20.2 Å². The maximum atomic E-state index is 12.6. The zero-order valence-electron chi connectivity index (χ0n) is 14.9. The van der Waals surface area contributed by atoms with Crippen molar-refractivity contribution in [3.05, 3.63) is 64.2 Å². The summed E-state index contributed by atoms with van der Waals surface area (Å²) in [6.07, 6.45) is 3.98. The van der Waals surface area contributed by atoms with Gasteiger partial charge in [-0.1, -0.05) is 12.1 Å². The number of carbonyl (C=O) groups excluding carboxylic acids is 1.